The number of aromatic amines is 1. The Bertz CT molecular complexity index is 1140. The molecule has 0 unspecified atom stereocenters. The molecule has 2 aromatic carbocycles. The number of halogens is 4. The Labute approximate surface area is 178 Å². The van der Waals surface area contributed by atoms with Crippen molar-refractivity contribution in [2.24, 2.45) is 0 Å². The molecule has 1 aliphatic heterocycles. The zero-order valence-electron chi connectivity index (χ0n) is 16.6. The number of rotatable bonds is 3. The Balaban J connectivity index is 1.63. The number of fused-ring (bicyclic) bond motifs is 1. The number of piperidine rings is 1. The number of nitrogens with one attached hydrogen (secondary N) is 1. The van der Waals surface area contributed by atoms with Crippen LogP contribution in [0.25, 0.3) is 16.5 Å². The van der Waals surface area contributed by atoms with Gasteiger partial charge in [-0.05, 0) is 83.0 Å². The van der Waals surface area contributed by atoms with Crippen LogP contribution in [0.1, 0.15) is 30.0 Å². The lowest BCUT2D eigenvalue weighted by molar-refractivity contribution is -0.138. The molecule has 0 bridgehead atoms. The standard InChI is InChI=1S/C24H22ClF3N2/c1-15-8-10-30(13-19-12-20(25)4-5-22(19)24(26,27)28)14-21(15)16(2)17-3-6-23-18(11-17)7-9-29-23/h3-7,9,11-12,29H,1,8,10,13-14H2,2H3/b21-16+. The van der Waals surface area contributed by atoms with E-state index in [1.54, 1.807) is 0 Å². The lowest BCUT2D eigenvalue weighted by Gasteiger charge is -2.32. The van der Waals surface area contributed by atoms with E-state index in [1.807, 2.05) is 23.2 Å². The summed E-state index contributed by atoms with van der Waals surface area (Å²) in [5, 5.41) is 1.44. The van der Waals surface area contributed by atoms with E-state index in [4.69, 9.17) is 11.6 Å². The Morgan fingerprint density at radius 3 is 2.73 bits per heavy atom. The van der Waals surface area contributed by atoms with Crippen molar-refractivity contribution in [2.75, 3.05) is 13.1 Å². The predicted octanol–water partition coefficient (Wildman–Crippen LogP) is 7.08. The molecule has 0 amide bonds. The van der Waals surface area contributed by atoms with Gasteiger partial charge in [-0.1, -0.05) is 24.2 Å². The Morgan fingerprint density at radius 1 is 1.17 bits per heavy atom. The number of hydrogen-bond donors (Lipinski definition) is 1. The van der Waals surface area contributed by atoms with Crippen LogP contribution < -0.4 is 0 Å². The third-order valence-corrected chi connectivity index (χ3v) is 5.98. The molecular weight excluding hydrogens is 409 g/mol. The minimum absolute atomic E-state index is 0.191. The Morgan fingerprint density at radius 2 is 1.97 bits per heavy atom. The summed E-state index contributed by atoms with van der Waals surface area (Å²) in [6.07, 6.45) is -1.78. The summed E-state index contributed by atoms with van der Waals surface area (Å²) in [4.78, 5) is 5.22. The SMILES string of the molecule is C=C1CCN(Cc2cc(Cl)ccc2C(F)(F)F)C/C1=C(/C)c1ccc2[nH]ccc2c1. The van der Waals surface area contributed by atoms with Crippen LogP contribution in [0.3, 0.4) is 0 Å². The maximum atomic E-state index is 13.4. The van der Waals surface area contributed by atoms with Crippen LogP contribution in [0.4, 0.5) is 13.2 Å². The van der Waals surface area contributed by atoms with Crippen LogP contribution in [-0.2, 0) is 12.7 Å². The van der Waals surface area contributed by atoms with Gasteiger partial charge in [0.05, 0.1) is 5.56 Å². The van der Waals surface area contributed by atoms with Crippen molar-refractivity contribution >= 4 is 28.1 Å². The predicted molar refractivity (Wildman–Crippen MR) is 116 cm³/mol. The highest BCUT2D eigenvalue weighted by atomic mass is 35.5. The maximum absolute atomic E-state index is 13.4. The molecule has 3 aromatic rings. The van der Waals surface area contributed by atoms with Crippen molar-refractivity contribution in [3.8, 4) is 0 Å². The van der Waals surface area contributed by atoms with Gasteiger partial charge >= 0.3 is 6.18 Å². The Kier molecular flexibility index (Phi) is 5.51. The van der Waals surface area contributed by atoms with Crippen LogP contribution in [0, 0.1) is 0 Å². The second-order valence-corrected chi connectivity index (χ2v) is 8.18. The minimum atomic E-state index is -4.40. The lowest BCUT2D eigenvalue weighted by Crippen LogP contribution is -2.33. The fourth-order valence-corrected chi connectivity index (χ4v) is 4.24. The van der Waals surface area contributed by atoms with Crippen LogP contribution in [0.2, 0.25) is 5.02 Å². The van der Waals surface area contributed by atoms with Crippen molar-refractivity contribution in [1.82, 2.24) is 9.88 Å². The number of nitrogens with zero attached hydrogens (tertiary/aromatic N) is 1. The summed E-state index contributed by atoms with van der Waals surface area (Å²) in [6, 6.07) is 12.0. The summed E-state index contributed by atoms with van der Waals surface area (Å²) in [5.74, 6) is 0. The largest absolute Gasteiger partial charge is 0.416 e. The number of allylic oxidation sites excluding steroid dienone is 1. The molecule has 1 aromatic heterocycles. The normalized spacial score (nSPS) is 17.6. The summed E-state index contributed by atoms with van der Waals surface area (Å²) < 4.78 is 40.3. The van der Waals surface area contributed by atoms with E-state index >= 15 is 0 Å². The molecule has 6 heteroatoms. The number of alkyl halides is 3. The first kappa shape index (κ1) is 20.8. The van der Waals surface area contributed by atoms with Gasteiger partial charge in [-0.2, -0.15) is 13.2 Å². The van der Waals surface area contributed by atoms with E-state index in [-0.39, 0.29) is 12.1 Å². The average Bonchev–Trinajstić information content (AvgIpc) is 3.16. The molecule has 0 atom stereocenters. The second kappa shape index (κ2) is 7.97. The van der Waals surface area contributed by atoms with Gasteiger partial charge in [0, 0.05) is 36.4 Å². The van der Waals surface area contributed by atoms with Crippen LogP contribution in [0.15, 0.2) is 66.4 Å². The van der Waals surface area contributed by atoms with Crippen molar-refractivity contribution < 1.29 is 13.2 Å². The van der Waals surface area contributed by atoms with Gasteiger partial charge in [0.1, 0.15) is 0 Å². The number of H-pyrrole nitrogens is 1. The number of hydrogen-bond acceptors (Lipinski definition) is 1. The maximum Gasteiger partial charge on any atom is 0.416 e. The second-order valence-electron chi connectivity index (χ2n) is 7.75. The van der Waals surface area contributed by atoms with E-state index < -0.39 is 11.7 Å². The van der Waals surface area contributed by atoms with E-state index in [9.17, 15) is 13.2 Å². The highest BCUT2D eigenvalue weighted by Gasteiger charge is 2.34. The first-order chi connectivity index (χ1) is 14.2. The molecule has 0 spiro atoms. The van der Waals surface area contributed by atoms with Crippen molar-refractivity contribution in [3.05, 3.63) is 88.1 Å². The van der Waals surface area contributed by atoms with E-state index in [1.165, 1.54) is 12.1 Å². The first-order valence-electron chi connectivity index (χ1n) is 9.76. The van der Waals surface area contributed by atoms with Crippen molar-refractivity contribution in [2.45, 2.75) is 26.1 Å². The van der Waals surface area contributed by atoms with E-state index in [0.717, 1.165) is 45.7 Å². The first-order valence-corrected chi connectivity index (χ1v) is 10.1. The number of likely N-dealkylation sites (tertiary alicyclic amines) is 1. The third kappa shape index (κ3) is 4.18. The molecule has 0 radical (unpaired) electrons. The zero-order valence-corrected chi connectivity index (χ0v) is 17.4. The molecule has 1 aliphatic rings. The fraction of sp³-hybridized carbons (Fsp3) is 0.250. The monoisotopic (exact) mass is 430 g/mol. The third-order valence-electron chi connectivity index (χ3n) is 5.74. The van der Waals surface area contributed by atoms with Crippen LogP contribution in [-0.4, -0.2) is 23.0 Å². The molecule has 0 saturated carbocycles. The van der Waals surface area contributed by atoms with Gasteiger partial charge < -0.3 is 4.98 Å². The van der Waals surface area contributed by atoms with Gasteiger partial charge in [-0.15, -0.1) is 0 Å². The molecule has 2 nitrogen and oxygen atoms in total. The van der Waals surface area contributed by atoms with Gasteiger partial charge in [0.2, 0.25) is 0 Å². The zero-order chi connectivity index (χ0) is 21.5. The molecule has 1 saturated heterocycles. The van der Waals surface area contributed by atoms with Gasteiger partial charge in [-0.25, -0.2) is 0 Å². The molecule has 4 rings (SSSR count). The highest BCUT2D eigenvalue weighted by molar-refractivity contribution is 6.30. The van der Waals surface area contributed by atoms with Crippen LogP contribution >= 0.6 is 11.6 Å². The highest BCUT2D eigenvalue weighted by Crippen LogP contribution is 2.35. The number of benzene rings is 2. The summed E-state index contributed by atoms with van der Waals surface area (Å²) in [6.45, 7) is 7.68. The molecule has 0 aliphatic carbocycles. The molecule has 1 N–H and O–H groups in total. The van der Waals surface area contributed by atoms with Crippen molar-refractivity contribution in [3.63, 3.8) is 0 Å². The Hall–Kier alpha value is -2.50. The lowest BCUT2D eigenvalue weighted by atomic mass is 9.91. The van der Waals surface area contributed by atoms with E-state index in [2.05, 4.69) is 30.6 Å². The van der Waals surface area contributed by atoms with Crippen molar-refractivity contribution in [1.29, 1.82) is 0 Å². The van der Waals surface area contributed by atoms with Gasteiger partial charge in [0.15, 0.2) is 0 Å². The molecule has 156 valence electrons. The van der Waals surface area contributed by atoms with Gasteiger partial charge in [-0.3, -0.25) is 4.90 Å². The molecule has 1 fully saturated rings. The minimum Gasteiger partial charge on any atom is -0.361 e. The van der Waals surface area contributed by atoms with Crippen LogP contribution in [0.5, 0.6) is 0 Å². The fourth-order valence-electron chi connectivity index (χ4n) is 4.05. The van der Waals surface area contributed by atoms with E-state index in [0.29, 0.717) is 18.1 Å². The topological polar surface area (TPSA) is 19.0 Å². The molecular formula is C24H22ClF3N2. The summed E-state index contributed by atoms with van der Waals surface area (Å²) in [5.41, 5.74) is 4.98. The number of aromatic nitrogens is 1. The summed E-state index contributed by atoms with van der Waals surface area (Å²) >= 11 is 5.99. The average molecular weight is 431 g/mol. The molecule has 2 heterocycles. The summed E-state index contributed by atoms with van der Waals surface area (Å²) in [7, 11) is 0. The molecule has 30 heavy (non-hydrogen) atoms. The smallest absolute Gasteiger partial charge is 0.361 e. The quantitative estimate of drug-likeness (QED) is 0.470. The van der Waals surface area contributed by atoms with Gasteiger partial charge in [0.25, 0.3) is 0 Å².